The number of halogens is 4. The van der Waals surface area contributed by atoms with Gasteiger partial charge in [-0.15, -0.1) is 0 Å². The van der Waals surface area contributed by atoms with E-state index >= 15 is 0 Å². The van der Waals surface area contributed by atoms with Crippen LogP contribution in [0.4, 0.5) is 13.2 Å². The standard InChI is InChI=1S/C14H8F3IN2/c15-14(16,17)10-7-8(18)5-6-9(10)13-19-11-3-1-2-4-12(11)20-13/h1-7H,(H,19,20). The fourth-order valence-electron chi connectivity index (χ4n) is 2.04. The fraction of sp³-hybridized carbons (Fsp3) is 0.0714. The van der Waals surface area contributed by atoms with E-state index in [0.29, 0.717) is 14.6 Å². The van der Waals surface area contributed by atoms with Crippen molar-refractivity contribution >= 4 is 33.6 Å². The van der Waals surface area contributed by atoms with Crippen LogP contribution in [-0.2, 0) is 6.18 Å². The van der Waals surface area contributed by atoms with Crippen molar-refractivity contribution in [2.45, 2.75) is 6.18 Å². The predicted octanol–water partition coefficient (Wildman–Crippen LogP) is 4.85. The molecule has 0 bridgehead atoms. The first-order valence-corrected chi connectivity index (χ1v) is 6.85. The summed E-state index contributed by atoms with van der Waals surface area (Å²) in [5, 5.41) is 0. The number of benzene rings is 2. The number of imidazole rings is 1. The summed E-state index contributed by atoms with van der Waals surface area (Å²) < 4.78 is 39.9. The Morgan fingerprint density at radius 1 is 1.05 bits per heavy atom. The van der Waals surface area contributed by atoms with E-state index in [1.807, 2.05) is 28.7 Å². The summed E-state index contributed by atoms with van der Waals surface area (Å²) >= 11 is 1.87. The lowest BCUT2D eigenvalue weighted by Crippen LogP contribution is -2.08. The van der Waals surface area contributed by atoms with E-state index in [9.17, 15) is 13.2 Å². The number of hydrogen-bond acceptors (Lipinski definition) is 1. The minimum absolute atomic E-state index is 0.0640. The van der Waals surface area contributed by atoms with Crippen LogP contribution < -0.4 is 0 Å². The summed E-state index contributed by atoms with van der Waals surface area (Å²) in [4.78, 5) is 7.16. The van der Waals surface area contributed by atoms with E-state index in [1.54, 1.807) is 24.3 Å². The molecule has 2 aromatic carbocycles. The highest BCUT2D eigenvalue weighted by Crippen LogP contribution is 2.37. The van der Waals surface area contributed by atoms with Crippen LogP contribution in [-0.4, -0.2) is 9.97 Å². The van der Waals surface area contributed by atoms with Gasteiger partial charge in [0.1, 0.15) is 5.82 Å². The molecule has 0 aliphatic carbocycles. The lowest BCUT2D eigenvalue weighted by atomic mass is 10.1. The predicted molar refractivity (Wildman–Crippen MR) is 79.2 cm³/mol. The van der Waals surface area contributed by atoms with Crippen molar-refractivity contribution in [3.8, 4) is 11.4 Å². The number of nitrogens with zero attached hydrogens (tertiary/aromatic N) is 1. The summed E-state index contributed by atoms with van der Waals surface area (Å²) in [6.45, 7) is 0. The molecular weight excluding hydrogens is 380 g/mol. The third-order valence-corrected chi connectivity index (χ3v) is 3.60. The molecule has 0 aliphatic heterocycles. The monoisotopic (exact) mass is 388 g/mol. The van der Waals surface area contributed by atoms with Gasteiger partial charge in [-0.1, -0.05) is 12.1 Å². The third kappa shape index (κ3) is 2.39. The van der Waals surface area contributed by atoms with Gasteiger partial charge in [-0.2, -0.15) is 13.2 Å². The number of para-hydroxylation sites is 2. The van der Waals surface area contributed by atoms with E-state index in [-0.39, 0.29) is 11.4 Å². The molecular formula is C14H8F3IN2. The maximum Gasteiger partial charge on any atom is 0.417 e. The minimum Gasteiger partial charge on any atom is -0.338 e. The van der Waals surface area contributed by atoms with Gasteiger partial charge in [-0.05, 0) is 52.9 Å². The number of H-pyrrole nitrogens is 1. The van der Waals surface area contributed by atoms with Crippen LogP contribution in [0.2, 0.25) is 0 Å². The van der Waals surface area contributed by atoms with Crippen LogP contribution in [0, 0.1) is 3.57 Å². The van der Waals surface area contributed by atoms with E-state index < -0.39 is 11.7 Å². The zero-order valence-electron chi connectivity index (χ0n) is 10.0. The van der Waals surface area contributed by atoms with Crippen molar-refractivity contribution in [3.63, 3.8) is 0 Å². The number of hydrogen-bond donors (Lipinski definition) is 1. The molecule has 0 spiro atoms. The molecule has 0 saturated carbocycles. The molecule has 0 fully saturated rings. The second-order valence-electron chi connectivity index (χ2n) is 4.29. The van der Waals surface area contributed by atoms with Crippen molar-refractivity contribution in [2.75, 3.05) is 0 Å². The summed E-state index contributed by atoms with van der Waals surface area (Å²) in [5.41, 5.74) is 0.751. The first-order chi connectivity index (χ1) is 9.45. The highest BCUT2D eigenvalue weighted by Gasteiger charge is 2.34. The van der Waals surface area contributed by atoms with Crippen molar-refractivity contribution in [1.29, 1.82) is 0 Å². The molecule has 0 unspecified atom stereocenters. The third-order valence-electron chi connectivity index (χ3n) is 2.93. The molecule has 0 atom stereocenters. The van der Waals surface area contributed by atoms with Crippen molar-refractivity contribution < 1.29 is 13.2 Å². The largest absolute Gasteiger partial charge is 0.417 e. The molecule has 2 nitrogen and oxygen atoms in total. The SMILES string of the molecule is FC(F)(F)c1cc(I)ccc1-c1nc2ccccc2[nH]1. The highest BCUT2D eigenvalue weighted by molar-refractivity contribution is 14.1. The van der Waals surface area contributed by atoms with Gasteiger partial charge in [0.2, 0.25) is 0 Å². The average molecular weight is 388 g/mol. The van der Waals surface area contributed by atoms with Crippen LogP contribution in [0.15, 0.2) is 42.5 Å². The topological polar surface area (TPSA) is 28.7 Å². The van der Waals surface area contributed by atoms with Crippen molar-refractivity contribution in [1.82, 2.24) is 9.97 Å². The number of aromatic amines is 1. The first kappa shape index (κ1) is 13.4. The Balaban J connectivity index is 2.23. The van der Waals surface area contributed by atoms with E-state index in [2.05, 4.69) is 9.97 Å². The molecule has 6 heteroatoms. The summed E-state index contributed by atoms with van der Waals surface area (Å²) in [6, 6.07) is 11.4. The molecule has 1 heterocycles. The van der Waals surface area contributed by atoms with Crippen LogP contribution in [0.1, 0.15) is 5.56 Å². The number of aromatic nitrogens is 2. The van der Waals surface area contributed by atoms with Gasteiger partial charge in [-0.3, -0.25) is 0 Å². The van der Waals surface area contributed by atoms with Crippen LogP contribution >= 0.6 is 22.6 Å². The Morgan fingerprint density at radius 3 is 2.50 bits per heavy atom. The summed E-state index contributed by atoms with van der Waals surface area (Å²) in [6.07, 6.45) is -4.41. The molecule has 3 rings (SSSR count). The van der Waals surface area contributed by atoms with Crippen molar-refractivity contribution in [2.24, 2.45) is 0 Å². The minimum atomic E-state index is -4.41. The van der Waals surface area contributed by atoms with E-state index in [4.69, 9.17) is 0 Å². The molecule has 1 aromatic heterocycles. The molecule has 0 aliphatic rings. The molecule has 102 valence electrons. The Labute approximate surface area is 126 Å². The van der Waals surface area contributed by atoms with Crippen LogP contribution in [0.5, 0.6) is 0 Å². The fourth-order valence-corrected chi connectivity index (χ4v) is 2.53. The second kappa shape index (κ2) is 4.76. The second-order valence-corrected chi connectivity index (χ2v) is 5.54. The van der Waals surface area contributed by atoms with Crippen LogP contribution in [0.3, 0.4) is 0 Å². The van der Waals surface area contributed by atoms with Gasteiger partial charge in [0.25, 0.3) is 0 Å². The summed E-state index contributed by atoms with van der Waals surface area (Å²) in [5.74, 6) is 0.231. The van der Waals surface area contributed by atoms with E-state index in [1.165, 1.54) is 6.07 Å². The van der Waals surface area contributed by atoms with Gasteiger partial charge in [-0.25, -0.2) is 4.98 Å². The number of nitrogens with one attached hydrogen (secondary N) is 1. The maximum absolute atomic E-state index is 13.1. The molecule has 20 heavy (non-hydrogen) atoms. The number of fused-ring (bicyclic) bond motifs is 1. The normalized spacial score (nSPS) is 12.0. The molecule has 0 amide bonds. The smallest absolute Gasteiger partial charge is 0.338 e. The Morgan fingerprint density at radius 2 is 1.80 bits per heavy atom. The number of rotatable bonds is 1. The molecule has 1 N–H and O–H groups in total. The van der Waals surface area contributed by atoms with E-state index in [0.717, 1.165) is 6.07 Å². The molecule has 0 saturated heterocycles. The molecule has 0 radical (unpaired) electrons. The summed E-state index contributed by atoms with van der Waals surface area (Å²) in [7, 11) is 0. The Kier molecular flexibility index (Phi) is 3.19. The van der Waals surface area contributed by atoms with Gasteiger partial charge in [0.05, 0.1) is 16.6 Å². The zero-order chi connectivity index (χ0) is 14.3. The quantitative estimate of drug-likeness (QED) is 0.593. The lowest BCUT2D eigenvalue weighted by Gasteiger charge is -2.11. The number of alkyl halides is 3. The molecule has 3 aromatic rings. The first-order valence-electron chi connectivity index (χ1n) is 5.77. The van der Waals surface area contributed by atoms with Gasteiger partial charge in [0.15, 0.2) is 0 Å². The lowest BCUT2D eigenvalue weighted by molar-refractivity contribution is -0.137. The highest BCUT2D eigenvalue weighted by atomic mass is 127. The van der Waals surface area contributed by atoms with Gasteiger partial charge >= 0.3 is 6.18 Å². The Bertz CT molecular complexity index is 744. The van der Waals surface area contributed by atoms with Gasteiger partial charge < -0.3 is 4.98 Å². The Hall–Kier alpha value is -1.57. The average Bonchev–Trinajstić information content (AvgIpc) is 2.81. The zero-order valence-corrected chi connectivity index (χ0v) is 12.2. The maximum atomic E-state index is 13.1. The van der Waals surface area contributed by atoms with Crippen molar-refractivity contribution in [3.05, 3.63) is 51.6 Å². The van der Waals surface area contributed by atoms with Gasteiger partial charge in [0, 0.05) is 9.13 Å². The van der Waals surface area contributed by atoms with Crippen LogP contribution in [0.25, 0.3) is 22.4 Å².